The van der Waals surface area contributed by atoms with E-state index in [2.05, 4.69) is 34.6 Å². The van der Waals surface area contributed by atoms with Crippen molar-refractivity contribution < 1.29 is 28.6 Å². The Hall–Kier alpha value is -1.59. The van der Waals surface area contributed by atoms with Gasteiger partial charge in [0.15, 0.2) is 6.10 Å². The van der Waals surface area contributed by atoms with E-state index in [9.17, 15) is 14.4 Å². The quantitative estimate of drug-likeness (QED) is 0.0343. The molecule has 0 radical (unpaired) electrons. The summed E-state index contributed by atoms with van der Waals surface area (Å²) in [6, 6.07) is 0. The highest BCUT2D eigenvalue weighted by atomic mass is 16.6. The van der Waals surface area contributed by atoms with Crippen LogP contribution >= 0.6 is 0 Å². The van der Waals surface area contributed by atoms with Gasteiger partial charge in [-0.2, -0.15) is 0 Å². The highest BCUT2D eigenvalue weighted by Crippen LogP contribution is 2.20. The standard InChI is InChI=1S/C71H138O6/c1-6-8-9-10-11-12-13-14-15-16-17-22-27-33-38-43-48-53-58-63-71(74)77-68(65-76-70(73)62-57-52-47-42-37-32-28-23-24-29-34-39-44-49-54-59-66(3)4)64-75-69(72)61-56-51-46-41-36-31-26-21-19-18-20-25-30-35-40-45-50-55-60-67(5)7-2/h66-68H,6-65H2,1-5H3/t67?,68-/m1/s1. The first-order valence-electron chi connectivity index (χ1n) is 35.3. The van der Waals surface area contributed by atoms with Crippen LogP contribution in [0.15, 0.2) is 0 Å². The Kier molecular flexibility index (Phi) is 62.3. The second-order valence-corrected chi connectivity index (χ2v) is 25.2. The maximum Gasteiger partial charge on any atom is 0.306 e. The fourth-order valence-electron chi connectivity index (χ4n) is 11.1. The van der Waals surface area contributed by atoms with Gasteiger partial charge in [0.25, 0.3) is 0 Å². The van der Waals surface area contributed by atoms with Gasteiger partial charge in [0.05, 0.1) is 0 Å². The average Bonchev–Trinajstić information content (AvgIpc) is 3.42. The topological polar surface area (TPSA) is 78.9 Å². The predicted molar refractivity (Wildman–Crippen MR) is 335 cm³/mol. The van der Waals surface area contributed by atoms with Crippen LogP contribution in [0.2, 0.25) is 0 Å². The molecule has 0 aliphatic carbocycles. The molecule has 0 amide bonds. The summed E-state index contributed by atoms with van der Waals surface area (Å²) < 4.78 is 17.0. The number of unbranched alkanes of at least 4 members (excludes halogenated alkanes) is 49. The molecule has 0 aromatic heterocycles. The second-order valence-electron chi connectivity index (χ2n) is 25.2. The summed E-state index contributed by atoms with van der Waals surface area (Å²) in [5.41, 5.74) is 0. The van der Waals surface area contributed by atoms with E-state index in [1.165, 1.54) is 295 Å². The Morgan fingerprint density at radius 3 is 0.740 bits per heavy atom. The molecule has 0 spiro atoms. The third-order valence-electron chi connectivity index (χ3n) is 16.8. The zero-order chi connectivity index (χ0) is 56.0. The third kappa shape index (κ3) is 63.5. The van der Waals surface area contributed by atoms with Gasteiger partial charge in [-0.3, -0.25) is 14.4 Å². The number of carbonyl (C=O) groups is 3. The molecular weight excluding hydrogens is 949 g/mol. The molecule has 6 nitrogen and oxygen atoms in total. The Labute approximate surface area is 482 Å². The van der Waals surface area contributed by atoms with Crippen LogP contribution < -0.4 is 0 Å². The van der Waals surface area contributed by atoms with E-state index in [0.717, 1.165) is 69.6 Å². The minimum atomic E-state index is -0.765. The lowest BCUT2D eigenvalue weighted by atomic mass is 9.99. The molecule has 6 heteroatoms. The highest BCUT2D eigenvalue weighted by Gasteiger charge is 2.20. The summed E-state index contributed by atoms with van der Waals surface area (Å²) in [5, 5.41) is 0. The summed E-state index contributed by atoms with van der Waals surface area (Å²) >= 11 is 0. The fourth-order valence-corrected chi connectivity index (χ4v) is 11.1. The van der Waals surface area contributed by atoms with Gasteiger partial charge in [0.2, 0.25) is 0 Å². The largest absolute Gasteiger partial charge is 0.462 e. The van der Waals surface area contributed by atoms with Crippen molar-refractivity contribution in [2.45, 2.75) is 413 Å². The maximum absolute atomic E-state index is 13.0. The lowest BCUT2D eigenvalue weighted by molar-refractivity contribution is -0.167. The van der Waals surface area contributed by atoms with Gasteiger partial charge in [-0.1, -0.05) is 369 Å². The Balaban J connectivity index is 4.27. The third-order valence-corrected chi connectivity index (χ3v) is 16.8. The van der Waals surface area contributed by atoms with E-state index in [4.69, 9.17) is 14.2 Å². The summed E-state index contributed by atoms with van der Waals surface area (Å²) in [6.07, 6.45) is 72.6. The van der Waals surface area contributed by atoms with Gasteiger partial charge in [-0.15, -0.1) is 0 Å². The summed E-state index contributed by atoms with van der Waals surface area (Å²) in [6.45, 7) is 11.5. The number of carbonyl (C=O) groups excluding carboxylic acids is 3. The molecular formula is C71H138O6. The van der Waals surface area contributed by atoms with Crippen LogP contribution in [0, 0.1) is 11.8 Å². The first-order valence-corrected chi connectivity index (χ1v) is 35.3. The molecule has 0 saturated heterocycles. The monoisotopic (exact) mass is 1090 g/mol. The van der Waals surface area contributed by atoms with Crippen molar-refractivity contribution in [2.24, 2.45) is 11.8 Å². The van der Waals surface area contributed by atoms with Crippen LogP contribution in [0.1, 0.15) is 407 Å². The average molecular weight is 1090 g/mol. The molecule has 77 heavy (non-hydrogen) atoms. The molecule has 458 valence electrons. The normalized spacial score (nSPS) is 12.4. The van der Waals surface area contributed by atoms with Crippen LogP contribution in [-0.4, -0.2) is 37.2 Å². The highest BCUT2D eigenvalue weighted by molar-refractivity contribution is 5.71. The van der Waals surface area contributed by atoms with Crippen molar-refractivity contribution in [2.75, 3.05) is 13.2 Å². The molecule has 0 aromatic carbocycles. The first kappa shape index (κ1) is 75.4. The molecule has 0 rings (SSSR count). The zero-order valence-electron chi connectivity index (χ0n) is 53.1. The van der Waals surface area contributed by atoms with Gasteiger partial charge in [-0.25, -0.2) is 0 Å². The molecule has 0 aliphatic heterocycles. The van der Waals surface area contributed by atoms with E-state index in [1.54, 1.807) is 0 Å². The molecule has 0 aliphatic rings. The Morgan fingerprint density at radius 1 is 0.273 bits per heavy atom. The van der Waals surface area contributed by atoms with Gasteiger partial charge >= 0.3 is 17.9 Å². The van der Waals surface area contributed by atoms with Crippen molar-refractivity contribution in [3.63, 3.8) is 0 Å². The molecule has 0 aromatic rings. The lowest BCUT2D eigenvalue weighted by Gasteiger charge is -2.18. The minimum absolute atomic E-state index is 0.0612. The van der Waals surface area contributed by atoms with E-state index < -0.39 is 6.10 Å². The van der Waals surface area contributed by atoms with Crippen molar-refractivity contribution >= 4 is 17.9 Å². The minimum Gasteiger partial charge on any atom is -0.462 e. The van der Waals surface area contributed by atoms with Crippen LogP contribution in [0.25, 0.3) is 0 Å². The molecule has 0 N–H and O–H groups in total. The number of rotatable bonds is 65. The van der Waals surface area contributed by atoms with Crippen LogP contribution in [0.5, 0.6) is 0 Å². The lowest BCUT2D eigenvalue weighted by Crippen LogP contribution is -2.30. The molecule has 0 heterocycles. The van der Waals surface area contributed by atoms with E-state index in [1.807, 2.05) is 0 Å². The van der Waals surface area contributed by atoms with Gasteiger partial charge in [-0.05, 0) is 31.1 Å². The predicted octanol–water partition coefficient (Wildman–Crippen LogP) is 23.9. The number of esters is 3. The number of hydrogen-bond donors (Lipinski definition) is 0. The van der Waals surface area contributed by atoms with Crippen molar-refractivity contribution in [3.8, 4) is 0 Å². The molecule has 0 bridgehead atoms. The number of ether oxygens (including phenoxy) is 3. The first-order chi connectivity index (χ1) is 37.8. The summed E-state index contributed by atoms with van der Waals surface area (Å²) in [7, 11) is 0. The van der Waals surface area contributed by atoms with Crippen LogP contribution in [-0.2, 0) is 28.6 Å². The molecule has 0 fully saturated rings. The Bertz CT molecular complexity index is 1180. The van der Waals surface area contributed by atoms with E-state index >= 15 is 0 Å². The van der Waals surface area contributed by atoms with Gasteiger partial charge in [0.1, 0.15) is 13.2 Å². The maximum atomic E-state index is 13.0. The fraction of sp³-hybridized carbons (Fsp3) is 0.958. The van der Waals surface area contributed by atoms with Gasteiger partial charge < -0.3 is 14.2 Å². The van der Waals surface area contributed by atoms with E-state index in [0.29, 0.717) is 19.3 Å². The van der Waals surface area contributed by atoms with Crippen molar-refractivity contribution in [3.05, 3.63) is 0 Å². The van der Waals surface area contributed by atoms with Gasteiger partial charge in [0, 0.05) is 19.3 Å². The van der Waals surface area contributed by atoms with E-state index in [-0.39, 0.29) is 31.1 Å². The number of hydrogen-bond acceptors (Lipinski definition) is 6. The molecule has 2 atom stereocenters. The summed E-state index contributed by atoms with van der Waals surface area (Å²) in [5.74, 6) is 0.935. The molecule has 0 saturated carbocycles. The van der Waals surface area contributed by atoms with Crippen LogP contribution in [0.3, 0.4) is 0 Å². The van der Waals surface area contributed by atoms with Crippen molar-refractivity contribution in [1.29, 1.82) is 0 Å². The van der Waals surface area contributed by atoms with Crippen molar-refractivity contribution in [1.82, 2.24) is 0 Å². The SMILES string of the molecule is CCCCCCCCCCCCCCCCCCCCCC(=O)O[C@H](COC(=O)CCCCCCCCCCCCCCCCCCCCC(C)CC)COC(=O)CCCCCCCCCCCCCCCCCC(C)C. The smallest absolute Gasteiger partial charge is 0.306 e. The second kappa shape index (κ2) is 63.6. The summed E-state index contributed by atoms with van der Waals surface area (Å²) in [4.78, 5) is 38.5. The Morgan fingerprint density at radius 2 is 0.494 bits per heavy atom. The van der Waals surface area contributed by atoms with Crippen LogP contribution in [0.4, 0.5) is 0 Å². The molecule has 1 unspecified atom stereocenters. The zero-order valence-corrected chi connectivity index (χ0v) is 53.1.